The summed E-state index contributed by atoms with van der Waals surface area (Å²) in [6, 6.07) is 7.10. The molecular formula is C11H14N2O2. The molecule has 1 aliphatic rings. The normalized spacial score (nSPS) is 17.3. The summed E-state index contributed by atoms with van der Waals surface area (Å²) >= 11 is 0. The molecule has 1 N–H and O–H groups in total. The first kappa shape index (κ1) is 10.1. The lowest BCUT2D eigenvalue weighted by Gasteiger charge is -2.24. The van der Waals surface area contributed by atoms with Gasteiger partial charge in [-0.3, -0.25) is 0 Å². The highest BCUT2D eigenvalue weighted by Gasteiger charge is 2.15. The molecule has 0 unspecified atom stereocenters. The molecule has 0 saturated carbocycles. The largest absolute Gasteiger partial charge is 0.488 e. The summed E-state index contributed by atoms with van der Waals surface area (Å²) in [5.74, 6) is 0.597. The molecule has 1 aliphatic heterocycles. The van der Waals surface area contributed by atoms with Crippen LogP contribution in [-0.2, 0) is 0 Å². The Bertz CT molecular complexity index is 335. The van der Waals surface area contributed by atoms with Gasteiger partial charge in [-0.05, 0) is 43.2 Å². The van der Waals surface area contributed by atoms with E-state index in [0.29, 0.717) is 11.4 Å². The van der Waals surface area contributed by atoms with Crippen molar-refractivity contribution in [2.24, 2.45) is 5.18 Å². The minimum Gasteiger partial charge on any atom is -0.488 e. The summed E-state index contributed by atoms with van der Waals surface area (Å²) in [6.45, 7) is 1.95. The summed E-state index contributed by atoms with van der Waals surface area (Å²) in [6.07, 6.45) is 2.16. The highest BCUT2D eigenvalue weighted by Crippen LogP contribution is 2.28. The van der Waals surface area contributed by atoms with Gasteiger partial charge in [0, 0.05) is 0 Å². The van der Waals surface area contributed by atoms with Gasteiger partial charge in [0.2, 0.25) is 0 Å². The summed E-state index contributed by atoms with van der Waals surface area (Å²) in [5.41, 5.74) is 0.385. The van der Waals surface area contributed by atoms with Crippen molar-refractivity contribution in [3.8, 4) is 5.75 Å². The van der Waals surface area contributed by atoms with E-state index in [-0.39, 0.29) is 6.10 Å². The van der Waals surface area contributed by atoms with Crippen molar-refractivity contribution in [1.29, 1.82) is 0 Å². The van der Waals surface area contributed by atoms with Gasteiger partial charge in [-0.2, -0.15) is 0 Å². The predicted molar refractivity (Wildman–Crippen MR) is 58.4 cm³/mol. The number of benzene rings is 1. The predicted octanol–water partition coefficient (Wildman–Crippen LogP) is 2.22. The number of nitrogens with one attached hydrogen (secondary N) is 1. The molecule has 0 aromatic heterocycles. The molecule has 4 nitrogen and oxygen atoms in total. The highest BCUT2D eigenvalue weighted by molar-refractivity contribution is 5.51. The SMILES string of the molecule is O=Nc1ccccc1OC1CCNCC1. The maximum absolute atomic E-state index is 10.5. The van der Waals surface area contributed by atoms with Crippen LogP contribution < -0.4 is 10.1 Å². The standard InChI is InChI=1S/C11H14N2O2/c14-13-10-3-1-2-4-11(10)15-9-5-7-12-8-6-9/h1-4,9,12H,5-8H2. The molecule has 0 radical (unpaired) electrons. The van der Waals surface area contributed by atoms with Gasteiger partial charge in [0.25, 0.3) is 0 Å². The Morgan fingerprint density at radius 1 is 1.27 bits per heavy atom. The zero-order valence-electron chi connectivity index (χ0n) is 8.48. The summed E-state index contributed by atoms with van der Waals surface area (Å²) < 4.78 is 5.74. The first-order valence-electron chi connectivity index (χ1n) is 5.20. The van der Waals surface area contributed by atoms with E-state index in [1.54, 1.807) is 18.2 Å². The van der Waals surface area contributed by atoms with E-state index in [1.165, 1.54) is 0 Å². The summed E-state index contributed by atoms with van der Waals surface area (Å²) in [7, 11) is 0. The van der Waals surface area contributed by atoms with Crippen LogP contribution in [-0.4, -0.2) is 19.2 Å². The third kappa shape index (κ3) is 2.53. The van der Waals surface area contributed by atoms with Gasteiger partial charge in [-0.25, -0.2) is 0 Å². The molecule has 2 rings (SSSR count). The van der Waals surface area contributed by atoms with Crippen molar-refractivity contribution in [3.05, 3.63) is 29.2 Å². The Kier molecular flexibility index (Phi) is 3.29. The van der Waals surface area contributed by atoms with E-state index in [1.807, 2.05) is 6.07 Å². The molecular weight excluding hydrogens is 192 g/mol. The van der Waals surface area contributed by atoms with Crippen molar-refractivity contribution < 1.29 is 4.74 Å². The van der Waals surface area contributed by atoms with Gasteiger partial charge < -0.3 is 10.1 Å². The quantitative estimate of drug-likeness (QED) is 0.771. The third-order valence-electron chi connectivity index (χ3n) is 2.54. The molecule has 1 aromatic rings. The fourth-order valence-corrected chi connectivity index (χ4v) is 1.73. The van der Waals surface area contributed by atoms with Gasteiger partial charge in [0.1, 0.15) is 17.5 Å². The third-order valence-corrected chi connectivity index (χ3v) is 2.54. The number of rotatable bonds is 3. The lowest BCUT2D eigenvalue weighted by Crippen LogP contribution is -2.34. The van der Waals surface area contributed by atoms with Crippen LogP contribution in [0.3, 0.4) is 0 Å². The number of hydrogen-bond acceptors (Lipinski definition) is 4. The van der Waals surface area contributed by atoms with Crippen LogP contribution in [0.25, 0.3) is 0 Å². The monoisotopic (exact) mass is 206 g/mol. The average Bonchev–Trinajstić information content (AvgIpc) is 2.31. The summed E-state index contributed by atoms with van der Waals surface area (Å²) in [5, 5.41) is 6.21. The van der Waals surface area contributed by atoms with E-state index < -0.39 is 0 Å². The zero-order valence-corrected chi connectivity index (χ0v) is 8.48. The van der Waals surface area contributed by atoms with Crippen LogP contribution in [0.2, 0.25) is 0 Å². The van der Waals surface area contributed by atoms with E-state index in [4.69, 9.17) is 4.74 Å². The molecule has 0 bridgehead atoms. The minimum atomic E-state index is 0.203. The topological polar surface area (TPSA) is 50.7 Å². The Balaban J connectivity index is 2.05. The van der Waals surface area contributed by atoms with Crippen LogP contribution in [0.4, 0.5) is 5.69 Å². The smallest absolute Gasteiger partial charge is 0.149 e. The van der Waals surface area contributed by atoms with Crippen LogP contribution in [0, 0.1) is 4.91 Å². The van der Waals surface area contributed by atoms with E-state index in [0.717, 1.165) is 25.9 Å². The highest BCUT2D eigenvalue weighted by atomic mass is 16.5. The van der Waals surface area contributed by atoms with Crippen molar-refractivity contribution in [3.63, 3.8) is 0 Å². The van der Waals surface area contributed by atoms with Gasteiger partial charge >= 0.3 is 0 Å². The Morgan fingerprint density at radius 2 is 2.00 bits per heavy atom. The molecule has 0 amide bonds. The van der Waals surface area contributed by atoms with Crippen molar-refractivity contribution in [2.75, 3.05) is 13.1 Å². The van der Waals surface area contributed by atoms with Crippen LogP contribution in [0.15, 0.2) is 29.4 Å². The molecule has 4 heteroatoms. The minimum absolute atomic E-state index is 0.203. The van der Waals surface area contributed by atoms with Crippen molar-refractivity contribution >= 4 is 5.69 Å². The van der Waals surface area contributed by atoms with Crippen molar-refractivity contribution in [1.82, 2.24) is 5.32 Å². The number of nitroso groups, excluding NO2 is 1. The lowest BCUT2D eigenvalue weighted by molar-refractivity contribution is 0.163. The molecule has 0 aliphatic carbocycles. The Labute approximate surface area is 88.6 Å². The molecule has 0 atom stereocenters. The number of ether oxygens (including phenoxy) is 1. The van der Waals surface area contributed by atoms with Gasteiger partial charge in [-0.15, -0.1) is 4.91 Å². The Morgan fingerprint density at radius 3 is 2.73 bits per heavy atom. The maximum Gasteiger partial charge on any atom is 0.149 e. The van der Waals surface area contributed by atoms with Crippen molar-refractivity contribution in [2.45, 2.75) is 18.9 Å². The summed E-state index contributed by atoms with van der Waals surface area (Å²) in [4.78, 5) is 10.5. The van der Waals surface area contributed by atoms with Gasteiger partial charge in [0.05, 0.1) is 0 Å². The molecule has 15 heavy (non-hydrogen) atoms. The zero-order chi connectivity index (χ0) is 10.5. The molecule has 1 aromatic carbocycles. The van der Waals surface area contributed by atoms with E-state index in [2.05, 4.69) is 10.5 Å². The van der Waals surface area contributed by atoms with Gasteiger partial charge in [-0.1, -0.05) is 12.1 Å². The first-order valence-corrected chi connectivity index (χ1v) is 5.20. The van der Waals surface area contributed by atoms with Crippen LogP contribution in [0.1, 0.15) is 12.8 Å². The lowest BCUT2D eigenvalue weighted by atomic mass is 10.1. The number of nitrogens with zero attached hydrogens (tertiary/aromatic N) is 1. The number of hydrogen-bond donors (Lipinski definition) is 1. The molecule has 1 heterocycles. The van der Waals surface area contributed by atoms with E-state index in [9.17, 15) is 4.91 Å². The fourth-order valence-electron chi connectivity index (χ4n) is 1.73. The molecule has 0 spiro atoms. The second kappa shape index (κ2) is 4.89. The molecule has 80 valence electrons. The fraction of sp³-hybridized carbons (Fsp3) is 0.455. The Hall–Kier alpha value is -1.42. The maximum atomic E-state index is 10.5. The second-order valence-corrected chi connectivity index (χ2v) is 3.63. The molecule has 1 saturated heterocycles. The molecule has 1 fully saturated rings. The van der Waals surface area contributed by atoms with Crippen LogP contribution in [0.5, 0.6) is 5.75 Å². The first-order chi connectivity index (χ1) is 7.40. The van der Waals surface area contributed by atoms with E-state index >= 15 is 0 Å². The number of piperidine rings is 1. The average molecular weight is 206 g/mol. The van der Waals surface area contributed by atoms with Crippen LogP contribution >= 0.6 is 0 Å². The second-order valence-electron chi connectivity index (χ2n) is 3.63. The number of para-hydroxylation sites is 1. The van der Waals surface area contributed by atoms with Gasteiger partial charge in [0.15, 0.2) is 0 Å².